The number of carboxylic acid groups (broad SMARTS) is 1. The van der Waals surface area contributed by atoms with Crippen LogP contribution in [0.5, 0.6) is 17.4 Å². The Bertz CT molecular complexity index is 1930. The van der Waals surface area contributed by atoms with Gasteiger partial charge >= 0.3 is 6.09 Å². The Balaban J connectivity index is 1.21. The molecule has 0 bridgehead atoms. The Morgan fingerprint density at radius 2 is 1.87 bits per heavy atom. The molecule has 4 amide bonds. The molecule has 0 spiro atoms. The number of rotatable bonds is 6. The van der Waals surface area contributed by atoms with Gasteiger partial charge in [-0.15, -0.1) is 0 Å². The van der Waals surface area contributed by atoms with Gasteiger partial charge in [0.2, 0.25) is 27.7 Å². The average Bonchev–Trinajstić information content (AvgIpc) is 3.98. The number of amides is 4. The van der Waals surface area contributed by atoms with Crippen LogP contribution in [0.2, 0.25) is 0 Å². The second-order valence-corrected chi connectivity index (χ2v) is 17.4. The van der Waals surface area contributed by atoms with Crippen molar-refractivity contribution >= 4 is 44.6 Å². The average molecular weight is 740 g/mol. The number of hydrogen-bond donors (Lipinski definition) is 4. The molecule has 5 aliphatic rings. The van der Waals surface area contributed by atoms with Gasteiger partial charge in [-0.05, 0) is 75.5 Å². The Morgan fingerprint density at radius 3 is 2.62 bits per heavy atom. The third kappa shape index (κ3) is 6.72. The highest BCUT2D eigenvalue weighted by atomic mass is 32.2. The molecule has 280 valence electrons. The molecule has 1 saturated heterocycles. The minimum Gasteiger partial charge on any atom is -0.486 e. The smallest absolute Gasteiger partial charge is 0.405 e. The van der Waals surface area contributed by atoms with Gasteiger partial charge in [0.05, 0.1) is 11.3 Å². The molecule has 52 heavy (non-hydrogen) atoms. The van der Waals surface area contributed by atoms with Gasteiger partial charge in [-0.3, -0.25) is 19.1 Å². The van der Waals surface area contributed by atoms with Gasteiger partial charge in [0, 0.05) is 29.3 Å². The maximum atomic E-state index is 14.4. The number of nitrogens with one attached hydrogen (secondary N) is 3. The number of carbonyl (C=O) groups excluding carboxylic acids is 3. The largest absolute Gasteiger partial charge is 0.486 e. The van der Waals surface area contributed by atoms with Gasteiger partial charge in [0.15, 0.2) is 11.5 Å². The van der Waals surface area contributed by atoms with Crippen LogP contribution in [0, 0.1) is 17.8 Å². The first-order chi connectivity index (χ1) is 24.7. The molecule has 4 N–H and O–H groups in total. The van der Waals surface area contributed by atoms with Crippen molar-refractivity contribution in [3.63, 3.8) is 0 Å². The molecule has 2 aliphatic carbocycles. The molecule has 2 aromatic rings. The maximum Gasteiger partial charge on any atom is 0.405 e. The topological polar surface area (TPSA) is 203 Å². The highest BCUT2D eigenvalue weighted by Crippen LogP contribution is 2.48. The normalized spacial score (nSPS) is 31.2. The van der Waals surface area contributed by atoms with Crippen LogP contribution in [-0.2, 0) is 24.4 Å². The van der Waals surface area contributed by atoms with Crippen molar-refractivity contribution < 1.29 is 46.9 Å². The first-order valence-electron chi connectivity index (χ1n) is 17.9. The van der Waals surface area contributed by atoms with E-state index in [1.807, 2.05) is 26.0 Å². The zero-order chi connectivity index (χ0) is 37.0. The summed E-state index contributed by atoms with van der Waals surface area (Å²) in [5.41, 5.74) is -1.55. The van der Waals surface area contributed by atoms with E-state index in [2.05, 4.69) is 20.3 Å². The summed E-state index contributed by atoms with van der Waals surface area (Å²) in [6.07, 6.45) is 6.18. The lowest BCUT2D eigenvalue weighted by Gasteiger charge is -2.32. The lowest BCUT2D eigenvalue weighted by Crippen LogP contribution is -2.59. The molecule has 3 fully saturated rings. The number of pyridine rings is 1. The summed E-state index contributed by atoms with van der Waals surface area (Å²) in [5.74, 6) is -1.44. The second-order valence-electron chi connectivity index (χ2n) is 15.2. The molecule has 4 heterocycles. The van der Waals surface area contributed by atoms with E-state index in [1.54, 1.807) is 31.3 Å². The number of fused-ring (bicyclic) bond motifs is 5. The van der Waals surface area contributed by atoms with Gasteiger partial charge in [0.25, 0.3) is 5.91 Å². The Hall–Kier alpha value is -4.60. The summed E-state index contributed by atoms with van der Waals surface area (Å²) in [6.45, 7) is 6.14. The lowest BCUT2D eigenvalue weighted by atomic mass is 9.88. The lowest BCUT2D eigenvalue weighted by molar-refractivity contribution is -0.142. The fraction of sp³-hybridized carbons (Fsp3) is 0.583. The fourth-order valence-corrected chi connectivity index (χ4v) is 9.03. The van der Waals surface area contributed by atoms with E-state index in [9.17, 15) is 32.7 Å². The van der Waals surface area contributed by atoms with E-state index in [1.165, 1.54) is 4.90 Å². The van der Waals surface area contributed by atoms with Gasteiger partial charge in [0.1, 0.15) is 36.9 Å². The van der Waals surface area contributed by atoms with Crippen molar-refractivity contribution in [2.75, 3.05) is 19.8 Å². The van der Waals surface area contributed by atoms with Crippen LogP contribution in [-0.4, -0.2) is 95.5 Å². The zero-order valence-corrected chi connectivity index (χ0v) is 30.2. The van der Waals surface area contributed by atoms with E-state index in [4.69, 9.17) is 14.2 Å². The van der Waals surface area contributed by atoms with E-state index >= 15 is 0 Å². The monoisotopic (exact) mass is 739 g/mol. The molecular formula is C36H45N5O10S. The number of nitrogens with zero attached hydrogens (tertiary/aromatic N) is 2. The summed E-state index contributed by atoms with van der Waals surface area (Å²) in [7, 11) is -4.00. The van der Waals surface area contributed by atoms with Gasteiger partial charge in [-0.1, -0.05) is 26.0 Å². The summed E-state index contributed by atoms with van der Waals surface area (Å²) < 4.78 is 45.4. The zero-order valence-electron chi connectivity index (χ0n) is 29.4. The maximum absolute atomic E-state index is 14.4. The summed E-state index contributed by atoms with van der Waals surface area (Å²) in [4.78, 5) is 60.3. The van der Waals surface area contributed by atoms with Crippen LogP contribution in [0.25, 0.3) is 10.8 Å². The predicted molar refractivity (Wildman–Crippen MR) is 187 cm³/mol. The summed E-state index contributed by atoms with van der Waals surface area (Å²) in [5, 5.41) is 16.4. The van der Waals surface area contributed by atoms with E-state index in [0.29, 0.717) is 61.2 Å². The Labute approximate surface area is 301 Å². The van der Waals surface area contributed by atoms with E-state index < -0.39 is 74.1 Å². The van der Waals surface area contributed by atoms with Gasteiger partial charge < -0.3 is 34.9 Å². The molecule has 0 unspecified atom stereocenters. The Kier molecular flexibility index (Phi) is 9.24. The number of hydrogen-bond acceptors (Lipinski definition) is 10. The molecule has 1 aromatic carbocycles. The molecule has 16 heteroatoms. The van der Waals surface area contributed by atoms with Crippen molar-refractivity contribution in [3.05, 3.63) is 36.5 Å². The van der Waals surface area contributed by atoms with Crippen molar-refractivity contribution in [1.82, 2.24) is 25.2 Å². The minimum absolute atomic E-state index is 0.000652. The first-order valence-corrected chi connectivity index (χ1v) is 19.4. The summed E-state index contributed by atoms with van der Waals surface area (Å²) in [6, 6.07) is 3.01. The van der Waals surface area contributed by atoms with Gasteiger partial charge in [-0.2, -0.15) is 0 Å². The fourth-order valence-electron chi connectivity index (χ4n) is 7.72. The number of carbonyl (C=O) groups is 4. The quantitative estimate of drug-likeness (QED) is 0.318. The minimum atomic E-state index is -4.00. The highest BCUT2D eigenvalue weighted by Gasteiger charge is 2.63. The van der Waals surface area contributed by atoms with Crippen LogP contribution in [0.3, 0.4) is 0 Å². The van der Waals surface area contributed by atoms with Crippen LogP contribution < -0.4 is 29.6 Å². The number of ether oxygens (including phenoxy) is 3. The molecule has 7 atom stereocenters. The van der Waals surface area contributed by atoms with Crippen molar-refractivity contribution in [2.45, 2.75) is 94.2 Å². The predicted octanol–water partition coefficient (Wildman–Crippen LogP) is 2.88. The molecule has 2 saturated carbocycles. The SMILES string of the molecule is C[C@@H]1CCC=C[C@@H]2C[C@@]2(C(=O)NS(=O)(=O)C2(C)CC2)NC(=O)[C@@H]2C[C@@H](Oc3nccc4c5c(ccc34)OCCO5)CN2C(=O)[C@@H](NC(=O)O)[C@H](C)C1. The molecule has 3 aliphatic heterocycles. The number of allylic oxidation sites excluding steroid dienone is 1. The second kappa shape index (κ2) is 13.4. The molecule has 15 nitrogen and oxygen atoms in total. The Morgan fingerprint density at radius 1 is 1.10 bits per heavy atom. The van der Waals surface area contributed by atoms with E-state index in [0.717, 1.165) is 6.42 Å². The molecular weight excluding hydrogens is 694 g/mol. The van der Waals surface area contributed by atoms with Crippen LogP contribution in [0.1, 0.15) is 65.7 Å². The summed E-state index contributed by atoms with van der Waals surface area (Å²) >= 11 is 0. The number of aromatic nitrogens is 1. The van der Waals surface area contributed by atoms with E-state index in [-0.39, 0.29) is 31.2 Å². The van der Waals surface area contributed by atoms with Crippen LogP contribution in [0.15, 0.2) is 36.5 Å². The van der Waals surface area contributed by atoms with Crippen molar-refractivity contribution in [2.24, 2.45) is 17.8 Å². The van der Waals surface area contributed by atoms with Gasteiger partial charge in [-0.25, -0.2) is 18.2 Å². The molecule has 0 radical (unpaired) electrons. The number of benzene rings is 1. The first kappa shape index (κ1) is 35.8. The standard InChI is InChI=1S/C36H45N5O10S/c1-20-6-4-5-7-22-18-36(22,33(44)40-52(47,48)35(3)11-12-35)39-30(42)26-17-23(19-41(26)32(43)28(21(2)16-20)38-34(45)46)51-31-25-8-9-27-29(50-15-14-49-27)24(25)10-13-37-31/h5,7-10,13,20-23,26,28,38H,4,6,11-12,14-19H2,1-3H3,(H,39,42)(H,40,44)(H,45,46)/t20-,21-,22-,23-,26+,28+,36-/m1/s1. The third-order valence-electron chi connectivity index (χ3n) is 11.2. The molecule has 7 rings (SSSR count). The third-order valence-corrected chi connectivity index (χ3v) is 13.4. The van der Waals surface area contributed by atoms with Crippen LogP contribution >= 0.6 is 0 Å². The van der Waals surface area contributed by atoms with Crippen molar-refractivity contribution in [1.29, 1.82) is 0 Å². The highest BCUT2D eigenvalue weighted by molar-refractivity contribution is 7.91. The molecule has 1 aromatic heterocycles. The van der Waals surface area contributed by atoms with Crippen molar-refractivity contribution in [3.8, 4) is 17.4 Å². The number of sulfonamides is 1. The van der Waals surface area contributed by atoms with Crippen LogP contribution in [0.4, 0.5) is 4.79 Å².